The van der Waals surface area contributed by atoms with Crippen molar-refractivity contribution in [3.63, 3.8) is 0 Å². The molecule has 22 heavy (non-hydrogen) atoms. The molecule has 3 heteroatoms. The number of nitro groups is 1. The van der Waals surface area contributed by atoms with E-state index in [0.717, 1.165) is 30.4 Å². The first kappa shape index (κ1) is 15.0. The highest BCUT2D eigenvalue weighted by molar-refractivity contribution is 5.34. The smallest absolute Gasteiger partial charge is 0.253 e. The van der Waals surface area contributed by atoms with Crippen LogP contribution in [0.15, 0.2) is 53.8 Å². The maximum absolute atomic E-state index is 11.7. The average molecular weight is 297 g/mol. The minimum atomic E-state index is -0.110. The fourth-order valence-corrected chi connectivity index (χ4v) is 3.96. The lowest BCUT2D eigenvalue weighted by Crippen LogP contribution is -2.26. The number of hydrogen-bond donors (Lipinski definition) is 0. The van der Waals surface area contributed by atoms with Gasteiger partial charge in [0, 0.05) is 12.0 Å². The number of benzene rings is 1. The minimum absolute atomic E-state index is 0.110. The molecule has 1 aromatic rings. The van der Waals surface area contributed by atoms with Gasteiger partial charge in [0.1, 0.15) is 0 Å². The van der Waals surface area contributed by atoms with E-state index in [1.165, 1.54) is 19.3 Å². The van der Waals surface area contributed by atoms with Crippen molar-refractivity contribution in [3.05, 3.63) is 69.4 Å². The van der Waals surface area contributed by atoms with Gasteiger partial charge in [-0.1, -0.05) is 61.7 Å². The first-order valence-electron chi connectivity index (χ1n) is 8.33. The summed E-state index contributed by atoms with van der Waals surface area (Å²) in [5.74, 6) is 0.601. The van der Waals surface area contributed by atoms with Crippen LogP contribution in [0.25, 0.3) is 0 Å². The van der Waals surface area contributed by atoms with Crippen LogP contribution in [0.5, 0.6) is 0 Å². The first-order chi connectivity index (χ1) is 10.8. The van der Waals surface area contributed by atoms with E-state index < -0.39 is 0 Å². The van der Waals surface area contributed by atoms with E-state index in [1.54, 1.807) is 0 Å². The summed E-state index contributed by atoms with van der Waals surface area (Å²) >= 11 is 0. The van der Waals surface area contributed by atoms with Gasteiger partial charge in [0.2, 0.25) is 0 Å². The Labute approximate surface area is 131 Å². The molecule has 3 rings (SSSR count). The molecular weight excluding hydrogens is 274 g/mol. The van der Waals surface area contributed by atoms with Crippen LogP contribution in [-0.4, -0.2) is 4.92 Å². The van der Waals surface area contributed by atoms with Gasteiger partial charge in [-0.05, 0) is 30.7 Å². The van der Waals surface area contributed by atoms with Crippen molar-refractivity contribution in [1.82, 2.24) is 0 Å². The molecule has 2 aliphatic rings. The molecule has 1 fully saturated rings. The fraction of sp³-hybridized carbons (Fsp3) is 0.474. The zero-order valence-electron chi connectivity index (χ0n) is 12.9. The van der Waals surface area contributed by atoms with Crippen molar-refractivity contribution in [3.8, 4) is 0 Å². The van der Waals surface area contributed by atoms with Crippen LogP contribution in [0.1, 0.15) is 44.1 Å². The molecule has 1 atom stereocenters. The fourth-order valence-electron chi connectivity index (χ4n) is 3.96. The van der Waals surface area contributed by atoms with Crippen molar-refractivity contribution in [2.45, 2.75) is 44.9 Å². The maximum atomic E-state index is 11.7. The Morgan fingerprint density at radius 1 is 1.09 bits per heavy atom. The maximum Gasteiger partial charge on any atom is 0.253 e. The van der Waals surface area contributed by atoms with Crippen molar-refractivity contribution >= 4 is 0 Å². The lowest BCUT2D eigenvalue weighted by molar-refractivity contribution is -0.437. The largest absolute Gasteiger partial charge is 0.259 e. The van der Waals surface area contributed by atoms with Crippen molar-refractivity contribution in [1.29, 1.82) is 0 Å². The monoisotopic (exact) mass is 297 g/mol. The molecule has 1 saturated carbocycles. The molecule has 2 aliphatic carbocycles. The second-order valence-corrected chi connectivity index (χ2v) is 6.47. The number of nitrogens with zero attached hydrogens (tertiary/aromatic N) is 1. The van der Waals surface area contributed by atoms with Gasteiger partial charge in [-0.3, -0.25) is 10.1 Å². The van der Waals surface area contributed by atoms with Crippen molar-refractivity contribution < 1.29 is 4.92 Å². The van der Waals surface area contributed by atoms with Crippen LogP contribution in [-0.2, 0) is 6.42 Å². The first-order valence-corrected chi connectivity index (χ1v) is 8.33. The summed E-state index contributed by atoms with van der Waals surface area (Å²) < 4.78 is 0. The van der Waals surface area contributed by atoms with E-state index in [1.807, 2.05) is 36.4 Å². The molecule has 0 aliphatic heterocycles. The Morgan fingerprint density at radius 3 is 2.50 bits per heavy atom. The third-order valence-electron chi connectivity index (χ3n) is 5.04. The summed E-state index contributed by atoms with van der Waals surface area (Å²) in [6.07, 6.45) is 11.6. The summed E-state index contributed by atoms with van der Waals surface area (Å²) in [6.45, 7) is 0. The van der Waals surface area contributed by atoms with Crippen LogP contribution in [0.2, 0.25) is 0 Å². The Morgan fingerprint density at radius 2 is 1.82 bits per heavy atom. The third-order valence-corrected chi connectivity index (χ3v) is 5.04. The van der Waals surface area contributed by atoms with Crippen molar-refractivity contribution in [2.24, 2.45) is 11.8 Å². The molecule has 0 heterocycles. The summed E-state index contributed by atoms with van der Waals surface area (Å²) in [7, 11) is 0. The normalized spacial score (nSPS) is 22.8. The van der Waals surface area contributed by atoms with Crippen LogP contribution in [0.4, 0.5) is 0 Å². The van der Waals surface area contributed by atoms with Crippen LogP contribution < -0.4 is 0 Å². The van der Waals surface area contributed by atoms with Gasteiger partial charge in [0.15, 0.2) is 0 Å². The summed E-state index contributed by atoms with van der Waals surface area (Å²) in [5.41, 5.74) is 2.53. The van der Waals surface area contributed by atoms with E-state index in [0.29, 0.717) is 18.0 Å². The summed E-state index contributed by atoms with van der Waals surface area (Å²) in [5, 5.41) is 11.7. The summed E-state index contributed by atoms with van der Waals surface area (Å²) in [4.78, 5) is 11.6. The average Bonchev–Trinajstić information content (AvgIpc) is 2.56. The number of hydrogen-bond acceptors (Lipinski definition) is 2. The molecule has 0 bridgehead atoms. The predicted molar refractivity (Wildman–Crippen MR) is 88.0 cm³/mol. The van der Waals surface area contributed by atoms with Gasteiger partial charge >= 0.3 is 0 Å². The highest BCUT2D eigenvalue weighted by Crippen LogP contribution is 2.40. The van der Waals surface area contributed by atoms with Gasteiger partial charge in [-0.15, -0.1) is 0 Å². The lowest BCUT2D eigenvalue weighted by atomic mass is 9.74. The van der Waals surface area contributed by atoms with Crippen LogP contribution in [0.3, 0.4) is 0 Å². The standard InChI is InChI=1S/C19H23NO2/c21-20(22)19-17(14-15-8-3-1-4-9-15)12-7-13-18(19)16-10-5-2-6-11-16/h1,3-4,7-9,12,16,18H,2,5-6,10-11,13-14H2. The Hall–Kier alpha value is -1.90. The molecule has 1 aromatic carbocycles. The molecule has 0 spiro atoms. The number of rotatable bonds is 4. The molecular formula is C19H23NO2. The minimum Gasteiger partial charge on any atom is -0.259 e. The predicted octanol–water partition coefficient (Wildman–Crippen LogP) is 4.92. The topological polar surface area (TPSA) is 43.1 Å². The SMILES string of the molecule is O=[N+]([O-])C1=C(Cc2ccccc2)C=CCC1C1CCCCC1. The van der Waals surface area contributed by atoms with Gasteiger partial charge < -0.3 is 0 Å². The lowest BCUT2D eigenvalue weighted by Gasteiger charge is -2.30. The van der Waals surface area contributed by atoms with Gasteiger partial charge in [0.25, 0.3) is 5.70 Å². The molecule has 0 amide bonds. The Balaban J connectivity index is 1.88. The molecule has 3 nitrogen and oxygen atoms in total. The quantitative estimate of drug-likeness (QED) is 0.585. The highest BCUT2D eigenvalue weighted by Gasteiger charge is 2.36. The zero-order valence-corrected chi connectivity index (χ0v) is 12.9. The Bertz CT molecular complexity index is 583. The molecule has 116 valence electrons. The Kier molecular flexibility index (Phi) is 4.71. The second kappa shape index (κ2) is 6.91. The van der Waals surface area contributed by atoms with E-state index in [-0.39, 0.29) is 10.8 Å². The van der Waals surface area contributed by atoms with E-state index >= 15 is 0 Å². The molecule has 0 saturated heterocycles. The molecule has 0 radical (unpaired) electrons. The molecule has 0 aromatic heterocycles. The van der Waals surface area contributed by atoms with Gasteiger partial charge in [-0.25, -0.2) is 0 Å². The van der Waals surface area contributed by atoms with E-state index in [2.05, 4.69) is 6.08 Å². The van der Waals surface area contributed by atoms with Crippen LogP contribution in [0, 0.1) is 22.0 Å². The second-order valence-electron chi connectivity index (χ2n) is 6.47. The van der Waals surface area contributed by atoms with E-state index in [9.17, 15) is 10.1 Å². The van der Waals surface area contributed by atoms with Crippen molar-refractivity contribution in [2.75, 3.05) is 0 Å². The molecule has 0 N–H and O–H groups in total. The van der Waals surface area contributed by atoms with Crippen LogP contribution >= 0.6 is 0 Å². The number of allylic oxidation sites excluding steroid dienone is 4. The summed E-state index contributed by atoms with van der Waals surface area (Å²) in [6, 6.07) is 10.1. The molecule has 1 unspecified atom stereocenters. The van der Waals surface area contributed by atoms with E-state index in [4.69, 9.17) is 0 Å². The van der Waals surface area contributed by atoms with Gasteiger partial charge in [-0.2, -0.15) is 0 Å². The highest BCUT2D eigenvalue weighted by atomic mass is 16.6. The third kappa shape index (κ3) is 3.29. The zero-order chi connectivity index (χ0) is 15.4. The van der Waals surface area contributed by atoms with Gasteiger partial charge in [0.05, 0.1) is 10.8 Å².